The SMILES string of the molecule is OCCCCCN1CC[C@@H](O)C1. The molecule has 72 valence electrons. The standard InChI is InChI=1S/C9H19NO2/c11-7-3-1-2-5-10-6-4-9(12)8-10/h9,11-12H,1-8H2/t9-/m1/s1. The number of aliphatic hydroxyl groups excluding tert-OH is 2. The van der Waals surface area contributed by atoms with Gasteiger partial charge in [0.15, 0.2) is 0 Å². The van der Waals surface area contributed by atoms with Crippen molar-refractivity contribution < 1.29 is 10.2 Å². The number of β-amino-alcohol motifs (C(OH)–C–C–N with tert-alkyl or cyclic N) is 1. The average molecular weight is 173 g/mol. The van der Waals surface area contributed by atoms with E-state index < -0.39 is 0 Å². The molecule has 0 aromatic heterocycles. The molecule has 0 spiro atoms. The third kappa shape index (κ3) is 3.52. The Morgan fingerprint density at radius 1 is 1.25 bits per heavy atom. The molecule has 0 saturated carbocycles. The lowest BCUT2D eigenvalue weighted by molar-refractivity contribution is 0.175. The van der Waals surface area contributed by atoms with E-state index in [0.717, 1.165) is 45.3 Å². The summed E-state index contributed by atoms with van der Waals surface area (Å²) in [5, 5.41) is 17.8. The highest BCUT2D eigenvalue weighted by Crippen LogP contribution is 2.09. The maximum Gasteiger partial charge on any atom is 0.0679 e. The maximum absolute atomic E-state index is 9.22. The number of unbranched alkanes of at least 4 members (excludes halogenated alkanes) is 2. The Kier molecular flexibility index (Phi) is 4.58. The van der Waals surface area contributed by atoms with Crippen molar-refractivity contribution in [3.05, 3.63) is 0 Å². The van der Waals surface area contributed by atoms with Gasteiger partial charge in [0.25, 0.3) is 0 Å². The number of likely N-dealkylation sites (tertiary alicyclic amines) is 1. The van der Waals surface area contributed by atoms with Gasteiger partial charge in [0, 0.05) is 19.7 Å². The lowest BCUT2D eigenvalue weighted by Crippen LogP contribution is -2.23. The van der Waals surface area contributed by atoms with Gasteiger partial charge in [0.2, 0.25) is 0 Å². The third-order valence-corrected chi connectivity index (χ3v) is 2.38. The zero-order chi connectivity index (χ0) is 8.81. The molecule has 12 heavy (non-hydrogen) atoms. The highest BCUT2D eigenvalue weighted by atomic mass is 16.3. The Morgan fingerprint density at radius 2 is 2.08 bits per heavy atom. The van der Waals surface area contributed by atoms with Crippen molar-refractivity contribution in [3.63, 3.8) is 0 Å². The fourth-order valence-electron chi connectivity index (χ4n) is 1.64. The minimum Gasteiger partial charge on any atom is -0.396 e. The molecule has 0 radical (unpaired) electrons. The molecule has 1 aliphatic heterocycles. The number of nitrogens with zero attached hydrogens (tertiary/aromatic N) is 1. The first-order valence-electron chi connectivity index (χ1n) is 4.84. The van der Waals surface area contributed by atoms with Crippen LogP contribution in [0.3, 0.4) is 0 Å². The van der Waals surface area contributed by atoms with Crippen molar-refractivity contribution in [3.8, 4) is 0 Å². The second kappa shape index (κ2) is 5.51. The Hall–Kier alpha value is -0.120. The second-order valence-electron chi connectivity index (χ2n) is 3.53. The van der Waals surface area contributed by atoms with Crippen molar-refractivity contribution in [1.82, 2.24) is 4.90 Å². The van der Waals surface area contributed by atoms with Gasteiger partial charge < -0.3 is 15.1 Å². The molecule has 1 aliphatic rings. The number of aliphatic hydroxyl groups is 2. The van der Waals surface area contributed by atoms with E-state index in [0.29, 0.717) is 6.61 Å². The molecule has 1 rings (SSSR count). The minimum absolute atomic E-state index is 0.0946. The van der Waals surface area contributed by atoms with Crippen LogP contribution >= 0.6 is 0 Å². The molecule has 0 aromatic rings. The van der Waals surface area contributed by atoms with Crippen LogP contribution in [0.5, 0.6) is 0 Å². The van der Waals surface area contributed by atoms with Crippen molar-refractivity contribution in [2.24, 2.45) is 0 Å². The molecular weight excluding hydrogens is 154 g/mol. The summed E-state index contributed by atoms with van der Waals surface area (Å²) >= 11 is 0. The van der Waals surface area contributed by atoms with Gasteiger partial charge in [0.05, 0.1) is 6.10 Å². The molecule has 1 heterocycles. The summed E-state index contributed by atoms with van der Waals surface area (Å²) in [5.41, 5.74) is 0. The van der Waals surface area contributed by atoms with E-state index >= 15 is 0 Å². The van der Waals surface area contributed by atoms with Crippen LogP contribution < -0.4 is 0 Å². The highest BCUT2D eigenvalue weighted by molar-refractivity contribution is 4.73. The number of rotatable bonds is 5. The van der Waals surface area contributed by atoms with Gasteiger partial charge in [-0.05, 0) is 32.2 Å². The lowest BCUT2D eigenvalue weighted by Gasteiger charge is -2.13. The van der Waals surface area contributed by atoms with E-state index in [-0.39, 0.29) is 6.10 Å². The van der Waals surface area contributed by atoms with Crippen molar-refractivity contribution >= 4 is 0 Å². The Balaban J connectivity index is 1.93. The Labute approximate surface area is 74.0 Å². The minimum atomic E-state index is -0.0946. The molecule has 3 nitrogen and oxygen atoms in total. The van der Waals surface area contributed by atoms with Gasteiger partial charge in [-0.25, -0.2) is 0 Å². The normalized spacial score (nSPS) is 25.0. The van der Waals surface area contributed by atoms with Crippen molar-refractivity contribution in [1.29, 1.82) is 0 Å². The molecule has 3 heteroatoms. The summed E-state index contributed by atoms with van der Waals surface area (Å²) in [5.74, 6) is 0. The lowest BCUT2D eigenvalue weighted by atomic mass is 10.2. The average Bonchev–Trinajstić information content (AvgIpc) is 2.45. The smallest absolute Gasteiger partial charge is 0.0679 e. The van der Waals surface area contributed by atoms with E-state index in [1.807, 2.05) is 0 Å². The molecule has 0 bridgehead atoms. The summed E-state index contributed by atoms with van der Waals surface area (Å²) in [4.78, 5) is 2.29. The Morgan fingerprint density at radius 3 is 2.67 bits per heavy atom. The molecule has 0 amide bonds. The van der Waals surface area contributed by atoms with Crippen LogP contribution in [0.25, 0.3) is 0 Å². The van der Waals surface area contributed by atoms with Gasteiger partial charge in [-0.15, -0.1) is 0 Å². The number of hydrogen-bond donors (Lipinski definition) is 2. The van der Waals surface area contributed by atoms with Crippen LogP contribution in [-0.2, 0) is 0 Å². The van der Waals surface area contributed by atoms with Gasteiger partial charge in [0.1, 0.15) is 0 Å². The molecule has 0 unspecified atom stereocenters. The molecule has 1 atom stereocenters. The van der Waals surface area contributed by atoms with Crippen LogP contribution in [0.15, 0.2) is 0 Å². The molecule has 1 fully saturated rings. The van der Waals surface area contributed by atoms with Crippen LogP contribution in [0.2, 0.25) is 0 Å². The highest BCUT2D eigenvalue weighted by Gasteiger charge is 2.18. The van der Waals surface area contributed by atoms with Crippen LogP contribution in [0.1, 0.15) is 25.7 Å². The summed E-state index contributed by atoms with van der Waals surface area (Å²) in [6.45, 7) is 3.28. The zero-order valence-corrected chi connectivity index (χ0v) is 7.58. The van der Waals surface area contributed by atoms with Gasteiger partial charge in [-0.1, -0.05) is 0 Å². The Bertz CT molecular complexity index is 119. The largest absolute Gasteiger partial charge is 0.396 e. The monoisotopic (exact) mass is 173 g/mol. The van der Waals surface area contributed by atoms with E-state index in [1.165, 1.54) is 0 Å². The molecule has 1 saturated heterocycles. The van der Waals surface area contributed by atoms with Crippen molar-refractivity contribution in [2.45, 2.75) is 31.8 Å². The van der Waals surface area contributed by atoms with E-state index in [1.54, 1.807) is 0 Å². The molecule has 0 aromatic carbocycles. The maximum atomic E-state index is 9.22. The predicted molar refractivity (Wildman–Crippen MR) is 48.0 cm³/mol. The van der Waals surface area contributed by atoms with Gasteiger partial charge in [-0.3, -0.25) is 0 Å². The second-order valence-corrected chi connectivity index (χ2v) is 3.53. The summed E-state index contributed by atoms with van der Waals surface area (Å²) in [6.07, 6.45) is 4.00. The molecule has 2 N–H and O–H groups in total. The van der Waals surface area contributed by atoms with Gasteiger partial charge >= 0.3 is 0 Å². The van der Waals surface area contributed by atoms with Crippen molar-refractivity contribution in [2.75, 3.05) is 26.2 Å². The van der Waals surface area contributed by atoms with Crippen LogP contribution in [-0.4, -0.2) is 47.5 Å². The van der Waals surface area contributed by atoms with Crippen LogP contribution in [0, 0.1) is 0 Å². The van der Waals surface area contributed by atoms with E-state index in [4.69, 9.17) is 5.11 Å². The van der Waals surface area contributed by atoms with Crippen LogP contribution in [0.4, 0.5) is 0 Å². The third-order valence-electron chi connectivity index (χ3n) is 2.38. The van der Waals surface area contributed by atoms with E-state index in [2.05, 4.69) is 4.90 Å². The molecular formula is C9H19NO2. The zero-order valence-electron chi connectivity index (χ0n) is 7.58. The summed E-state index contributed by atoms with van der Waals surface area (Å²) < 4.78 is 0. The first kappa shape index (κ1) is 9.96. The fourth-order valence-corrected chi connectivity index (χ4v) is 1.64. The summed E-state index contributed by atoms with van der Waals surface area (Å²) in [7, 11) is 0. The first-order chi connectivity index (χ1) is 5.83. The summed E-state index contributed by atoms with van der Waals surface area (Å²) in [6, 6.07) is 0. The molecule has 0 aliphatic carbocycles. The van der Waals surface area contributed by atoms with Gasteiger partial charge in [-0.2, -0.15) is 0 Å². The predicted octanol–water partition coefficient (Wildman–Crippen LogP) is 0.216. The fraction of sp³-hybridized carbons (Fsp3) is 1.00. The number of hydrogen-bond acceptors (Lipinski definition) is 3. The topological polar surface area (TPSA) is 43.7 Å². The quantitative estimate of drug-likeness (QED) is 0.584. The first-order valence-corrected chi connectivity index (χ1v) is 4.84. The van der Waals surface area contributed by atoms with E-state index in [9.17, 15) is 5.11 Å².